The Labute approximate surface area is 79.2 Å². The molecule has 0 bridgehead atoms. The average molecular weight is 177 g/mol. The summed E-state index contributed by atoms with van der Waals surface area (Å²) in [5.41, 5.74) is 2.12. The summed E-state index contributed by atoms with van der Waals surface area (Å²) in [6.45, 7) is 7.86. The van der Waals surface area contributed by atoms with E-state index in [1.807, 2.05) is 44.9 Å². The van der Waals surface area contributed by atoms with Gasteiger partial charge < -0.3 is 0 Å². The van der Waals surface area contributed by atoms with Gasteiger partial charge in [-0.15, -0.1) is 0 Å². The molecule has 0 aliphatic carbocycles. The zero-order valence-corrected chi connectivity index (χ0v) is 8.57. The van der Waals surface area contributed by atoms with Crippen molar-refractivity contribution in [2.24, 2.45) is 10.1 Å². The lowest BCUT2D eigenvalue weighted by Gasteiger charge is -2.23. The van der Waals surface area contributed by atoms with Crippen molar-refractivity contribution in [1.82, 2.24) is 5.01 Å². The maximum Gasteiger partial charge on any atom is 0.149 e. The molecule has 0 spiro atoms. The normalized spacial score (nSPS) is 20.9. The van der Waals surface area contributed by atoms with Crippen molar-refractivity contribution in [3.63, 3.8) is 0 Å². The fourth-order valence-electron chi connectivity index (χ4n) is 1.26. The number of aliphatic imine (C=N–C) groups is 1. The van der Waals surface area contributed by atoms with Gasteiger partial charge in [-0.05, 0) is 39.8 Å². The van der Waals surface area contributed by atoms with Gasteiger partial charge in [0.1, 0.15) is 5.82 Å². The van der Waals surface area contributed by atoms with Gasteiger partial charge in [-0.1, -0.05) is 0 Å². The summed E-state index contributed by atoms with van der Waals surface area (Å²) < 4.78 is 0. The third-order valence-corrected chi connectivity index (χ3v) is 1.75. The summed E-state index contributed by atoms with van der Waals surface area (Å²) in [5, 5.41) is 6.04. The molecule has 0 aromatic rings. The van der Waals surface area contributed by atoms with E-state index in [1.165, 1.54) is 0 Å². The van der Waals surface area contributed by atoms with Crippen LogP contribution in [0.15, 0.2) is 33.8 Å². The molecule has 1 aliphatic rings. The summed E-state index contributed by atoms with van der Waals surface area (Å²) in [7, 11) is 0. The first-order chi connectivity index (χ1) is 6.19. The van der Waals surface area contributed by atoms with Crippen LogP contribution in [0.4, 0.5) is 0 Å². The monoisotopic (exact) mass is 177 g/mol. The second kappa shape index (κ2) is 4.03. The minimum atomic E-state index is 0.885. The van der Waals surface area contributed by atoms with Crippen molar-refractivity contribution in [3.05, 3.63) is 23.7 Å². The first-order valence-corrected chi connectivity index (χ1v) is 4.37. The van der Waals surface area contributed by atoms with E-state index in [9.17, 15) is 0 Å². The summed E-state index contributed by atoms with van der Waals surface area (Å²) in [6, 6.07) is 0. The highest BCUT2D eigenvalue weighted by atomic mass is 15.5. The van der Waals surface area contributed by atoms with Crippen LogP contribution in [0.5, 0.6) is 0 Å². The molecule has 1 rings (SSSR count). The molecule has 0 amide bonds. The fraction of sp³-hybridized carbons (Fsp3) is 0.400. The summed E-state index contributed by atoms with van der Waals surface area (Å²) in [5.74, 6) is 0.885. The lowest BCUT2D eigenvalue weighted by Crippen LogP contribution is -2.18. The molecule has 0 saturated carbocycles. The van der Waals surface area contributed by atoms with Gasteiger partial charge in [-0.2, -0.15) is 5.10 Å². The van der Waals surface area contributed by atoms with E-state index in [4.69, 9.17) is 0 Å². The quantitative estimate of drug-likeness (QED) is 0.566. The first kappa shape index (κ1) is 9.71. The zero-order chi connectivity index (χ0) is 9.84. The minimum absolute atomic E-state index is 0.885. The molecule has 0 fully saturated rings. The molecular weight excluding hydrogens is 162 g/mol. The summed E-state index contributed by atoms with van der Waals surface area (Å²) >= 11 is 0. The number of hydrogen-bond donors (Lipinski definition) is 0. The second-order valence-corrected chi connectivity index (χ2v) is 2.87. The highest BCUT2D eigenvalue weighted by molar-refractivity contribution is 5.94. The maximum atomic E-state index is 4.36. The van der Waals surface area contributed by atoms with Crippen molar-refractivity contribution in [3.8, 4) is 0 Å². The topological polar surface area (TPSA) is 28.0 Å². The standard InChI is InChI=1S/C10H15N3/c1-5-10-12-8(3)7-9(4)13(10)11-6-2/h5-7H,1-4H3/b10-5-,11-6+. The summed E-state index contributed by atoms with van der Waals surface area (Å²) in [4.78, 5) is 4.36. The van der Waals surface area contributed by atoms with Crippen LogP contribution in [0.2, 0.25) is 0 Å². The first-order valence-electron chi connectivity index (χ1n) is 4.37. The molecule has 0 N–H and O–H groups in total. The van der Waals surface area contributed by atoms with Crippen molar-refractivity contribution in [2.75, 3.05) is 0 Å². The van der Waals surface area contributed by atoms with E-state index in [0.29, 0.717) is 0 Å². The van der Waals surface area contributed by atoms with Crippen LogP contribution in [0, 0.1) is 0 Å². The van der Waals surface area contributed by atoms with Crippen LogP contribution in [0.3, 0.4) is 0 Å². The van der Waals surface area contributed by atoms with Gasteiger partial charge in [0.15, 0.2) is 0 Å². The van der Waals surface area contributed by atoms with Crippen molar-refractivity contribution in [2.45, 2.75) is 27.7 Å². The fourth-order valence-corrected chi connectivity index (χ4v) is 1.26. The van der Waals surface area contributed by atoms with E-state index >= 15 is 0 Å². The van der Waals surface area contributed by atoms with Crippen LogP contribution >= 0.6 is 0 Å². The number of allylic oxidation sites excluding steroid dienone is 3. The van der Waals surface area contributed by atoms with Crippen molar-refractivity contribution < 1.29 is 0 Å². The third kappa shape index (κ3) is 2.05. The van der Waals surface area contributed by atoms with E-state index in [1.54, 1.807) is 6.21 Å². The Morgan fingerprint density at radius 3 is 2.62 bits per heavy atom. The van der Waals surface area contributed by atoms with Crippen LogP contribution in [-0.4, -0.2) is 16.9 Å². The minimum Gasteiger partial charge on any atom is -0.234 e. The molecule has 3 nitrogen and oxygen atoms in total. The molecule has 0 atom stereocenters. The van der Waals surface area contributed by atoms with Gasteiger partial charge in [0.2, 0.25) is 0 Å². The Bertz CT molecular complexity index is 308. The number of hydrazone groups is 1. The number of rotatable bonds is 1. The predicted octanol–water partition coefficient (Wildman–Crippen LogP) is 2.53. The van der Waals surface area contributed by atoms with Gasteiger partial charge in [0.05, 0.1) is 0 Å². The van der Waals surface area contributed by atoms with Gasteiger partial charge in [-0.3, -0.25) is 0 Å². The predicted molar refractivity (Wildman–Crippen MR) is 56.6 cm³/mol. The van der Waals surface area contributed by atoms with Crippen LogP contribution in [0.25, 0.3) is 0 Å². The smallest absolute Gasteiger partial charge is 0.149 e. The highest BCUT2D eigenvalue weighted by Gasteiger charge is 2.12. The maximum absolute atomic E-state index is 4.36. The molecule has 0 radical (unpaired) electrons. The lowest BCUT2D eigenvalue weighted by molar-refractivity contribution is 0.448. The Kier molecular flexibility index (Phi) is 3.01. The molecule has 0 aromatic carbocycles. The van der Waals surface area contributed by atoms with E-state index in [0.717, 1.165) is 17.2 Å². The number of nitrogens with zero attached hydrogens (tertiary/aromatic N) is 3. The third-order valence-electron chi connectivity index (χ3n) is 1.75. The van der Waals surface area contributed by atoms with Gasteiger partial charge >= 0.3 is 0 Å². The molecule has 1 aliphatic heterocycles. The van der Waals surface area contributed by atoms with Gasteiger partial charge in [-0.25, -0.2) is 10.0 Å². The zero-order valence-electron chi connectivity index (χ0n) is 8.57. The molecule has 0 aromatic heterocycles. The molecular formula is C10H15N3. The molecule has 70 valence electrons. The van der Waals surface area contributed by atoms with Gasteiger partial charge in [0, 0.05) is 17.6 Å². The Morgan fingerprint density at radius 2 is 2.08 bits per heavy atom. The van der Waals surface area contributed by atoms with Crippen LogP contribution < -0.4 is 0 Å². The van der Waals surface area contributed by atoms with Crippen LogP contribution in [0.1, 0.15) is 27.7 Å². The van der Waals surface area contributed by atoms with Gasteiger partial charge in [0.25, 0.3) is 0 Å². The second-order valence-electron chi connectivity index (χ2n) is 2.87. The summed E-state index contributed by atoms with van der Waals surface area (Å²) in [6.07, 6.45) is 5.73. The molecule has 1 heterocycles. The number of hydrogen-bond acceptors (Lipinski definition) is 3. The lowest BCUT2D eigenvalue weighted by atomic mass is 10.3. The molecule has 3 heteroatoms. The Hall–Kier alpha value is -1.38. The van der Waals surface area contributed by atoms with Crippen molar-refractivity contribution in [1.29, 1.82) is 0 Å². The van der Waals surface area contributed by atoms with E-state index < -0.39 is 0 Å². The molecule has 13 heavy (non-hydrogen) atoms. The Balaban J connectivity index is 3.04. The highest BCUT2D eigenvalue weighted by Crippen LogP contribution is 2.19. The SMILES string of the molecule is C/C=C1/N=C(C)C=C(C)N1/N=C/C. The van der Waals surface area contributed by atoms with E-state index in [2.05, 4.69) is 10.1 Å². The largest absolute Gasteiger partial charge is 0.234 e. The Morgan fingerprint density at radius 1 is 1.38 bits per heavy atom. The molecule has 0 saturated heterocycles. The van der Waals surface area contributed by atoms with Crippen molar-refractivity contribution >= 4 is 11.9 Å². The average Bonchev–Trinajstić information content (AvgIpc) is 2.09. The van der Waals surface area contributed by atoms with E-state index in [-0.39, 0.29) is 0 Å². The molecule has 0 unspecified atom stereocenters. The van der Waals surface area contributed by atoms with Crippen LogP contribution in [-0.2, 0) is 0 Å².